The van der Waals surface area contributed by atoms with Crippen molar-refractivity contribution in [3.63, 3.8) is 0 Å². The molecule has 2 rings (SSSR count). The van der Waals surface area contributed by atoms with E-state index in [0.717, 1.165) is 5.56 Å². The number of rotatable bonds is 3. The van der Waals surface area contributed by atoms with Crippen LogP contribution in [0.15, 0.2) is 30.3 Å². The molecule has 0 spiro atoms. The maximum atomic E-state index is 12.0. The Bertz CT molecular complexity index is 510. The van der Waals surface area contributed by atoms with E-state index in [-0.39, 0.29) is 0 Å². The van der Waals surface area contributed by atoms with E-state index in [0.29, 0.717) is 6.54 Å². The van der Waals surface area contributed by atoms with Gasteiger partial charge in [-0.05, 0) is 26.3 Å². The Balaban J connectivity index is 2.13. The number of hydrogen-bond acceptors (Lipinski definition) is 4. The number of cyclic esters (lactones) is 1. The Hall–Kier alpha value is -2.24. The molecule has 6 heteroatoms. The molecule has 1 aromatic carbocycles. The van der Waals surface area contributed by atoms with Crippen LogP contribution in [-0.4, -0.2) is 30.4 Å². The normalized spacial score (nSPS) is 19.4. The van der Waals surface area contributed by atoms with Gasteiger partial charge in [-0.1, -0.05) is 30.3 Å². The summed E-state index contributed by atoms with van der Waals surface area (Å²) < 4.78 is 10.5. The van der Waals surface area contributed by atoms with Crippen LogP contribution in [-0.2, 0) is 9.47 Å². The molecule has 1 aromatic rings. The van der Waals surface area contributed by atoms with Crippen molar-refractivity contribution < 1.29 is 19.1 Å². The number of nitrogens with one attached hydrogen (secondary N) is 2. The molecular weight excluding hydrogens is 272 g/mol. The molecule has 1 aliphatic heterocycles. The Labute approximate surface area is 123 Å². The average molecular weight is 292 g/mol. The van der Waals surface area contributed by atoms with Crippen molar-refractivity contribution in [3.05, 3.63) is 35.9 Å². The lowest BCUT2D eigenvalue weighted by Crippen LogP contribution is -2.40. The molecule has 0 saturated carbocycles. The first-order valence-electron chi connectivity index (χ1n) is 6.84. The monoisotopic (exact) mass is 292 g/mol. The highest BCUT2D eigenvalue weighted by molar-refractivity contribution is 5.71. The van der Waals surface area contributed by atoms with Crippen molar-refractivity contribution in [1.29, 1.82) is 0 Å². The van der Waals surface area contributed by atoms with E-state index in [9.17, 15) is 9.59 Å². The number of alkyl carbamates (subject to hydrolysis) is 2. The van der Waals surface area contributed by atoms with Gasteiger partial charge in [-0.25, -0.2) is 9.59 Å². The van der Waals surface area contributed by atoms with Crippen LogP contribution in [0.1, 0.15) is 32.4 Å². The molecule has 2 N–H and O–H groups in total. The van der Waals surface area contributed by atoms with Crippen LogP contribution in [0.3, 0.4) is 0 Å². The maximum absolute atomic E-state index is 12.0. The fraction of sp³-hybridized carbons (Fsp3) is 0.467. The van der Waals surface area contributed by atoms with Gasteiger partial charge in [-0.15, -0.1) is 0 Å². The Kier molecular flexibility index (Phi) is 4.35. The molecule has 0 aliphatic carbocycles. The zero-order valence-corrected chi connectivity index (χ0v) is 12.4. The van der Waals surface area contributed by atoms with E-state index >= 15 is 0 Å². The van der Waals surface area contributed by atoms with Crippen molar-refractivity contribution in [2.24, 2.45) is 0 Å². The lowest BCUT2D eigenvalue weighted by Gasteiger charge is -2.26. The quantitative estimate of drug-likeness (QED) is 0.896. The summed E-state index contributed by atoms with van der Waals surface area (Å²) in [5, 5.41) is 5.36. The molecule has 1 aliphatic rings. The molecule has 1 heterocycles. The third kappa shape index (κ3) is 4.37. The minimum absolute atomic E-state index is 0.341. The molecule has 114 valence electrons. The third-order valence-corrected chi connectivity index (χ3v) is 2.91. The summed E-state index contributed by atoms with van der Waals surface area (Å²) in [4.78, 5) is 23.2. The van der Waals surface area contributed by atoms with Crippen LogP contribution in [0, 0.1) is 0 Å². The van der Waals surface area contributed by atoms with Gasteiger partial charge >= 0.3 is 12.2 Å². The maximum Gasteiger partial charge on any atom is 0.408 e. The molecule has 2 atom stereocenters. The highest BCUT2D eigenvalue weighted by Gasteiger charge is 2.34. The summed E-state index contributed by atoms with van der Waals surface area (Å²) in [5.41, 5.74) is 0.264. The van der Waals surface area contributed by atoms with Gasteiger partial charge in [0.1, 0.15) is 11.7 Å². The van der Waals surface area contributed by atoms with Gasteiger partial charge in [-0.3, -0.25) is 0 Å². The SMILES string of the molecule is CC(C)(C)OC(=O)NC(c1ccccc1)C1CNC(=O)O1. The summed E-state index contributed by atoms with van der Waals surface area (Å²) in [6.45, 7) is 5.72. The minimum atomic E-state index is -0.587. The number of carbonyl (C=O) groups is 2. The standard InChI is InChI=1S/C15H20N2O4/c1-15(2,3)21-14(19)17-12(10-7-5-4-6-8-10)11-9-16-13(18)20-11/h4-8,11-12H,9H2,1-3H3,(H,16,18)(H,17,19). The molecule has 2 unspecified atom stereocenters. The van der Waals surface area contributed by atoms with Crippen molar-refractivity contribution >= 4 is 12.2 Å². The van der Waals surface area contributed by atoms with Gasteiger partial charge < -0.3 is 20.1 Å². The molecule has 6 nitrogen and oxygen atoms in total. The molecule has 21 heavy (non-hydrogen) atoms. The van der Waals surface area contributed by atoms with Crippen LogP contribution in [0.4, 0.5) is 9.59 Å². The van der Waals surface area contributed by atoms with Gasteiger partial charge in [0.05, 0.1) is 12.6 Å². The summed E-state index contributed by atoms with van der Waals surface area (Å²) in [6, 6.07) is 8.89. The Morgan fingerprint density at radius 3 is 2.57 bits per heavy atom. The summed E-state index contributed by atoms with van der Waals surface area (Å²) in [7, 11) is 0. The molecule has 1 fully saturated rings. The molecule has 1 saturated heterocycles. The van der Waals surface area contributed by atoms with Crippen LogP contribution < -0.4 is 10.6 Å². The van der Waals surface area contributed by atoms with Crippen LogP contribution in [0.25, 0.3) is 0 Å². The predicted octanol–water partition coefficient (Wildman–Crippen LogP) is 2.36. The van der Waals surface area contributed by atoms with Crippen molar-refractivity contribution in [2.45, 2.75) is 38.5 Å². The second-order valence-electron chi connectivity index (χ2n) is 5.86. The largest absolute Gasteiger partial charge is 0.444 e. The molecule has 0 aromatic heterocycles. The van der Waals surface area contributed by atoms with Gasteiger partial charge in [0, 0.05) is 0 Å². The van der Waals surface area contributed by atoms with Gasteiger partial charge in [0.25, 0.3) is 0 Å². The number of ether oxygens (including phenoxy) is 2. The second-order valence-corrected chi connectivity index (χ2v) is 5.86. The van der Waals surface area contributed by atoms with Gasteiger partial charge in [-0.2, -0.15) is 0 Å². The lowest BCUT2D eigenvalue weighted by atomic mass is 10.0. The van der Waals surface area contributed by atoms with E-state index < -0.39 is 29.9 Å². The van der Waals surface area contributed by atoms with Crippen molar-refractivity contribution in [1.82, 2.24) is 10.6 Å². The van der Waals surface area contributed by atoms with Gasteiger partial charge in [0.15, 0.2) is 0 Å². The van der Waals surface area contributed by atoms with Crippen LogP contribution in [0.2, 0.25) is 0 Å². The Morgan fingerprint density at radius 1 is 1.38 bits per heavy atom. The summed E-state index contributed by atoms with van der Waals surface area (Å²) in [6.07, 6.45) is -1.49. The molecule has 0 radical (unpaired) electrons. The smallest absolute Gasteiger partial charge is 0.408 e. The van der Waals surface area contributed by atoms with Crippen LogP contribution >= 0.6 is 0 Å². The number of amides is 2. The number of benzene rings is 1. The lowest BCUT2D eigenvalue weighted by molar-refractivity contribution is 0.0434. The zero-order chi connectivity index (χ0) is 15.5. The van der Waals surface area contributed by atoms with E-state index in [1.165, 1.54) is 0 Å². The Morgan fingerprint density at radius 2 is 2.05 bits per heavy atom. The topological polar surface area (TPSA) is 76.7 Å². The second kappa shape index (κ2) is 6.03. The van der Waals surface area contributed by atoms with Gasteiger partial charge in [0.2, 0.25) is 0 Å². The van der Waals surface area contributed by atoms with E-state index in [4.69, 9.17) is 9.47 Å². The molecule has 0 bridgehead atoms. The summed E-state index contributed by atoms with van der Waals surface area (Å²) in [5.74, 6) is 0. The minimum Gasteiger partial charge on any atom is -0.444 e. The van der Waals surface area contributed by atoms with Crippen molar-refractivity contribution in [2.75, 3.05) is 6.54 Å². The number of carbonyl (C=O) groups excluding carboxylic acids is 2. The van der Waals surface area contributed by atoms with Crippen molar-refractivity contribution in [3.8, 4) is 0 Å². The fourth-order valence-corrected chi connectivity index (χ4v) is 2.08. The molecular formula is C15H20N2O4. The van der Waals surface area contributed by atoms with E-state index in [2.05, 4.69) is 10.6 Å². The highest BCUT2D eigenvalue weighted by Crippen LogP contribution is 2.22. The zero-order valence-electron chi connectivity index (χ0n) is 12.4. The highest BCUT2D eigenvalue weighted by atomic mass is 16.6. The summed E-state index contributed by atoms with van der Waals surface area (Å²) >= 11 is 0. The first-order chi connectivity index (χ1) is 9.85. The fourth-order valence-electron chi connectivity index (χ4n) is 2.08. The average Bonchev–Trinajstić information content (AvgIpc) is 2.81. The number of hydrogen-bond donors (Lipinski definition) is 2. The van der Waals surface area contributed by atoms with E-state index in [1.54, 1.807) is 20.8 Å². The van der Waals surface area contributed by atoms with E-state index in [1.807, 2.05) is 30.3 Å². The third-order valence-electron chi connectivity index (χ3n) is 2.91. The first kappa shape index (κ1) is 15.2. The predicted molar refractivity (Wildman–Crippen MR) is 76.8 cm³/mol. The first-order valence-corrected chi connectivity index (χ1v) is 6.84. The van der Waals surface area contributed by atoms with Crippen LogP contribution in [0.5, 0.6) is 0 Å². The molecule has 2 amide bonds.